The van der Waals surface area contributed by atoms with E-state index in [1.54, 1.807) is 33.1 Å². The molecular weight excluding hydrogens is 428 g/mol. The molecule has 0 aromatic heterocycles. The summed E-state index contributed by atoms with van der Waals surface area (Å²) in [4.78, 5) is 24.6. The minimum absolute atomic E-state index is 0.0580. The maximum Gasteiger partial charge on any atom is 0.338 e. The second-order valence-corrected chi connectivity index (χ2v) is 8.69. The fourth-order valence-corrected chi connectivity index (χ4v) is 3.80. The van der Waals surface area contributed by atoms with E-state index in [4.69, 9.17) is 28.4 Å². The van der Waals surface area contributed by atoms with Gasteiger partial charge in [0.1, 0.15) is 19.3 Å². The average Bonchev–Trinajstić information content (AvgIpc) is 3.46. The molecule has 2 aromatic carbocycles. The predicted molar refractivity (Wildman–Crippen MR) is 119 cm³/mol. The minimum Gasteiger partial charge on any atom is -0.493 e. The number of methoxy groups -OCH3 is 2. The smallest absolute Gasteiger partial charge is 0.338 e. The lowest BCUT2D eigenvalue weighted by Crippen LogP contribution is -2.35. The number of hydrogen-bond acceptors (Lipinski definition) is 8. The first-order valence-corrected chi connectivity index (χ1v) is 10.8. The van der Waals surface area contributed by atoms with E-state index in [1.807, 2.05) is 18.2 Å². The maximum atomic E-state index is 12.8. The van der Waals surface area contributed by atoms with Crippen LogP contribution in [0.4, 0.5) is 0 Å². The van der Waals surface area contributed by atoms with E-state index < -0.39 is 5.41 Å². The van der Waals surface area contributed by atoms with Gasteiger partial charge in [0.25, 0.3) is 0 Å². The van der Waals surface area contributed by atoms with Gasteiger partial charge in [-0.3, -0.25) is 4.79 Å². The normalized spacial score (nSPS) is 17.3. The first-order chi connectivity index (χ1) is 15.8. The monoisotopic (exact) mass is 456 g/mol. The van der Waals surface area contributed by atoms with Crippen molar-refractivity contribution in [3.05, 3.63) is 41.5 Å². The molecule has 0 aliphatic carbocycles. The molecule has 1 saturated heterocycles. The Morgan fingerprint density at radius 2 is 1.88 bits per heavy atom. The van der Waals surface area contributed by atoms with Crippen LogP contribution < -0.4 is 14.2 Å². The Balaban J connectivity index is 1.63. The highest BCUT2D eigenvalue weighted by Gasteiger charge is 2.34. The highest BCUT2D eigenvalue weighted by atomic mass is 16.6. The molecule has 176 valence electrons. The topological polar surface area (TPSA) is 89.5 Å². The Bertz CT molecular complexity index is 1050. The summed E-state index contributed by atoms with van der Waals surface area (Å²) < 4.78 is 33.3. The van der Waals surface area contributed by atoms with Crippen LogP contribution in [-0.4, -0.2) is 52.1 Å². The number of carbonyl (C=O) groups excluding carboxylic acids is 2. The van der Waals surface area contributed by atoms with Gasteiger partial charge < -0.3 is 28.4 Å². The van der Waals surface area contributed by atoms with Gasteiger partial charge in [-0.05, 0) is 43.7 Å². The third-order valence-electron chi connectivity index (χ3n) is 5.79. The fourth-order valence-electron chi connectivity index (χ4n) is 3.80. The van der Waals surface area contributed by atoms with Crippen molar-refractivity contribution in [1.29, 1.82) is 0 Å². The summed E-state index contributed by atoms with van der Waals surface area (Å²) in [5.74, 6) is 0.672. The van der Waals surface area contributed by atoms with E-state index in [0.29, 0.717) is 42.4 Å². The molecule has 2 heterocycles. The molecule has 1 atom stereocenters. The standard InChI is InChI=1S/C25H28O8/c1-25(2,24(27)33-17-9-10-30-13-17)14-32-21-18(7-8-20(28-3)22(21)29-4)15-5-6-19-16(11-15)12-31-23(19)26/h5-8,11,17H,9-10,12-14H2,1-4H3/t17-/m0/s1. The Hall–Kier alpha value is -3.26. The van der Waals surface area contributed by atoms with Gasteiger partial charge >= 0.3 is 11.9 Å². The summed E-state index contributed by atoms with van der Waals surface area (Å²) in [5.41, 5.74) is 2.02. The number of hydrogen-bond donors (Lipinski definition) is 0. The van der Waals surface area contributed by atoms with E-state index in [1.165, 1.54) is 7.11 Å². The van der Waals surface area contributed by atoms with Gasteiger partial charge in [-0.25, -0.2) is 4.79 Å². The van der Waals surface area contributed by atoms with Crippen LogP contribution in [0.2, 0.25) is 0 Å². The summed E-state index contributed by atoms with van der Waals surface area (Å²) in [7, 11) is 3.08. The lowest BCUT2D eigenvalue weighted by molar-refractivity contribution is -0.161. The van der Waals surface area contributed by atoms with Crippen LogP contribution in [-0.2, 0) is 25.6 Å². The SMILES string of the molecule is COc1ccc(-c2ccc3c(c2)COC3=O)c(OCC(C)(C)C(=O)O[C@H]2CCOC2)c1OC. The molecule has 0 amide bonds. The van der Waals surface area contributed by atoms with Crippen molar-refractivity contribution in [2.75, 3.05) is 34.0 Å². The molecular formula is C25H28O8. The van der Waals surface area contributed by atoms with Crippen molar-refractivity contribution < 1.29 is 38.0 Å². The molecule has 8 nitrogen and oxygen atoms in total. The molecule has 8 heteroatoms. The minimum atomic E-state index is -0.911. The lowest BCUT2D eigenvalue weighted by Gasteiger charge is -2.26. The Morgan fingerprint density at radius 1 is 1.09 bits per heavy atom. The highest BCUT2D eigenvalue weighted by molar-refractivity contribution is 5.94. The average molecular weight is 456 g/mol. The van der Waals surface area contributed by atoms with Crippen molar-refractivity contribution >= 4 is 11.9 Å². The van der Waals surface area contributed by atoms with Gasteiger partial charge in [0, 0.05) is 17.5 Å². The molecule has 2 aliphatic rings. The summed E-state index contributed by atoms with van der Waals surface area (Å²) in [5, 5.41) is 0. The predicted octanol–water partition coefficient (Wildman–Crippen LogP) is 3.78. The van der Waals surface area contributed by atoms with Gasteiger partial charge in [0.2, 0.25) is 5.75 Å². The molecule has 33 heavy (non-hydrogen) atoms. The van der Waals surface area contributed by atoms with E-state index in [9.17, 15) is 9.59 Å². The van der Waals surface area contributed by atoms with Crippen LogP contribution in [0.25, 0.3) is 11.1 Å². The third kappa shape index (κ3) is 4.61. The van der Waals surface area contributed by atoms with Crippen LogP contribution in [0.15, 0.2) is 30.3 Å². The van der Waals surface area contributed by atoms with Crippen LogP contribution in [0, 0.1) is 5.41 Å². The van der Waals surface area contributed by atoms with E-state index in [0.717, 1.165) is 16.7 Å². The molecule has 2 aromatic rings. The zero-order valence-electron chi connectivity index (χ0n) is 19.3. The number of benzene rings is 2. The second-order valence-electron chi connectivity index (χ2n) is 8.69. The highest BCUT2D eigenvalue weighted by Crippen LogP contribution is 2.45. The summed E-state index contributed by atoms with van der Waals surface area (Å²) in [6.07, 6.45) is 0.469. The van der Waals surface area contributed by atoms with Crippen LogP contribution >= 0.6 is 0 Å². The van der Waals surface area contributed by atoms with Gasteiger partial charge in [-0.1, -0.05) is 6.07 Å². The number of cyclic esters (lactones) is 1. The van der Waals surface area contributed by atoms with Crippen LogP contribution in [0.5, 0.6) is 17.2 Å². The van der Waals surface area contributed by atoms with Crippen molar-refractivity contribution in [3.8, 4) is 28.4 Å². The summed E-state index contributed by atoms with van der Waals surface area (Å²) in [6.45, 7) is 4.85. The third-order valence-corrected chi connectivity index (χ3v) is 5.79. The number of carbonyl (C=O) groups is 2. The quantitative estimate of drug-likeness (QED) is 0.555. The van der Waals surface area contributed by atoms with E-state index >= 15 is 0 Å². The first kappa shape index (κ1) is 22.9. The van der Waals surface area contributed by atoms with Crippen molar-refractivity contribution in [3.63, 3.8) is 0 Å². The van der Waals surface area contributed by atoms with Gasteiger partial charge in [0.05, 0.1) is 38.4 Å². The summed E-state index contributed by atoms with van der Waals surface area (Å²) >= 11 is 0. The molecule has 0 unspecified atom stereocenters. The molecule has 0 spiro atoms. The zero-order valence-corrected chi connectivity index (χ0v) is 19.3. The van der Waals surface area contributed by atoms with Crippen molar-refractivity contribution in [2.24, 2.45) is 5.41 Å². The largest absolute Gasteiger partial charge is 0.493 e. The molecule has 2 aliphatic heterocycles. The van der Waals surface area contributed by atoms with E-state index in [-0.39, 0.29) is 31.3 Å². The number of esters is 2. The Labute approximate surface area is 192 Å². The molecule has 0 saturated carbocycles. The van der Waals surface area contributed by atoms with E-state index in [2.05, 4.69) is 0 Å². The first-order valence-electron chi connectivity index (χ1n) is 10.8. The maximum absolute atomic E-state index is 12.8. The molecule has 0 N–H and O–H groups in total. The Kier molecular flexibility index (Phi) is 6.47. The second kappa shape index (κ2) is 9.31. The van der Waals surface area contributed by atoms with Gasteiger partial charge in [-0.2, -0.15) is 0 Å². The lowest BCUT2D eigenvalue weighted by atomic mass is 9.94. The molecule has 0 bridgehead atoms. The van der Waals surface area contributed by atoms with Crippen molar-refractivity contribution in [2.45, 2.75) is 33.0 Å². The van der Waals surface area contributed by atoms with Gasteiger partial charge in [-0.15, -0.1) is 0 Å². The molecule has 0 radical (unpaired) electrons. The number of ether oxygens (including phenoxy) is 6. The summed E-state index contributed by atoms with van der Waals surface area (Å²) in [6, 6.07) is 9.12. The van der Waals surface area contributed by atoms with Crippen LogP contribution in [0.1, 0.15) is 36.2 Å². The molecule has 1 fully saturated rings. The van der Waals surface area contributed by atoms with Gasteiger partial charge in [0.15, 0.2) is 11.5 Å². The number of fused-ring (bicyclic) bond motifs is 1. The zero-order chi connectivity index (χ0) is 23.6. The Morgan fingerprint density at radius 3 is 2.58 bits per heavy atom. The fraction of sp³-hybridized carbons (Fsp3) is 0.440. The number of rotatable bonds is 8. The van der Waals surface area contributed by atoms with Crippen LogP contribution in [0.3, 0.4) is 0 Å². The van der Waals surface area contributed by atoms with Crippen molar-refractivity contribution in [1.82, 2.24) is 0 Å². The molecule has 4 rings (SSSR count).